The number of aromatic hydroxyl groups is 1. The third kappa shape index (κ3) is 3.20. The van der Waals surface area contributed by atoms with Crippen LogP contribution in [0.4, 0.5) is 0 Å². The Morgan fingerprint density at radius 1 is 1.50 bits per heavy atom. The highest BCUT2D eigenvalue weighted by Crippen LogP contribution is 2.21. The van der Waals surface area contributed by atoms with Crippen molar-refractivity contribution in [3.8, 4) is 5.75 Å². The van der Waals surface area contributed by atoms with Gasteiger partial charge in [0.1, 0.15) is 5.75 Å². The number of rotatable bonds is 4. The second-order valence-corrected chi connectivity index (χ2v) is 4.95. The molecule has 0 aliphatic carbocycles. The van der Waals surface area contributed by atoms with Gasteiger partial charge < -0.3 is 15.2 Å². The van der Waals surface area contributed by atoms with E-state index in [-0.39, 0.29) is 0 Å². The van der Waals surface area contributed by atoms with Gasteiger partial charge in [0.05, 0.1) is 6.10 Å². The molecule has 0 radical (unpaired) electrons. The highest BCUT2D eigenvalue weighted by atomic mass is 79.9. The summed E-state index contributed by atoms with van der Waals surface area (Å²) in [5.74, 6) is 0.336. The van der Waals surface area contributed by atoms with Crippen molar-refractivity contribution in [1.82, 2.24) is 5.32 Å². The molecule has 3 nitrogen and oxygen atoms in total. The van der Waals surface area contributed by atoms with Gasteiger partial charge in [-0.1, -0.05) is 15.9 Å². The second-order valence-electron chi connectivity index (χ2n) is 4.04. The molecule has 0 amide bonds. The molecular weight excluding hydrogens is 270 g/mol. The summed E-state index contributed by atoms with van der Waals surface area (Å²) in [4.78, 5) is 0. The van der Waals surface area contributed by atoms with Crippen molar-refractivity contribution in [3.05, 3.63) is 28.2 Å². The lowest BCUT2D eigenvalue weighted by Gasteiger charge is -2.11. The first-order valence-electron chi connectivity index (χ1n) is 5.55. The van der Waals surface area contributed by atoms with Gasteiger partial charge in [0.15, 0.2) is 0 Å². The summed E-state index contributed by atoms with van der Waals surface area (Å²) < 4.78 is 6.50. The zero-order valence-corrected chi connectivity index (χ0v) is 10.7. The van der Waals surface area contributed by atoms with Crippen LogP contribution < -0.4 is 5.32 Å². The Morgan fingerprint density at radius 2 is 2.38 bits per heavy atom. The summed E-state index contributed by atoms with van der Waals surface area (Å²) in [6.45, 7) is 2.41. The zero-order valence-electron chi connectivity index (χ0n) is 9.08. The summed E-state index contributed by atoms with van der Waals surface area (Å²) in [5.41, 5.74) is 0.910. The minimum atomic E-state index is 0.336. The van der Waals surface area contributed by atoms with Crippen molar-refractivity contribution in [2.75, 3.05) is 13.2 Å². The number of nitrogens with one attached hydrogen (secondary N) is 1. The van der Waals surface area contributed by atoms with Gasteiger partial charge in [-0.2, -0.15) is 0 Å². The number of phenols is 1. The Labute approximate surface area is 104 Å². The molecule has 1 heterocycles. The first-order valence-corrected chi connectivity index (χ1v) is 6.35. The van der Waals surface area contributed by atoms with Crippen LogP contribution in [0.5, 0.6) is 5.75 Å². The van der Waals surface area contributed by atoms with Crippen LogP contribution in [-0.2, 0) is 11.3 Å². The van der Waals surface area contributed by atoms with E-state index in [2.05, 4.69) is 21.2 Å². The lowest BCUT2D eigenvalue weighted by Crippen LogP contribution is -2.25. The number of halogens is 1. The summed E-state index contributed by atoms with van der Waals surface area (Å²) in [7, 11) is 0. The molecular formula is C12H16BrNO2. The minimum Gasteiger partial charge on any atom is -0.508 e. The van der Waals surface area contributed by atoms with Crippen LogP contribution in [0.3, 0.4) is 0 Å². The number of phenolic OH excluding ortho intramolecular Hbond substituents is 1. The molecule has 2 rings (SSSR count). The summed E-state index contributed by atoms with van der Waals surface area (Å²) in [6, 6.07) is 5.46. The quantitative estimate of drug-likeness (QED) is 0.893. The molecule has 1 atom stereocenters. The fraction of sp³-hybridized carbons (Fsp3) is 0.500. The average Bonchev–Trinajstić information content (AvgIpc) is 2.76. The molecule has 2 N–H and O–H groups in total. The molecule has 0 saturated carbocycles. The minimum absolute atomic E-state index is 0.336. The van der Waals surface area contributed by atoms with Crippen molar-refractivity contribution in [3.63, 3.8) is 0 Å². The maximum Gasteiger partial charge on any atom is 0.120 e. The molecule has 1 saturated heterocycles. The largest absolute Gasteiger partial charge is 0.508 e. The van der Waals surface area contributed by atoms with Crippen molar-refractivity contribution in [1.29, 1.82) is 0 Å². The average molecular weight is 286 g/mol. The van der Waals surface area contributed by atoms with Crippen molar-refractivity contribution < 1.29 is 9.84 Å². The molecule has 1 fully saturated rings. The highest BCUT2D eigenvalue weighted by molar-refractivity contribution is 9.10. The molecule has 1 aliphatic heterocycles. The summed E-state index contributed by atoms with van der Waals surface area (Å²) in [6.07, 6.45) is 2.64. The molecule has 1 aliphatic rings. The first-order chi connectivity index (χ1) is 7.75. The Morgan fingerprint density at radius 3 is 3.12 bits per heavy atom. The summed E-state index contributed by atoms with van der Waals surface area (Å²) in [5, 5.41) is 12.9. The van der Waals surface area contributed by atoms with Gasteiger partial charge in [0, 0.05) is 29.7 Å². The first kappa shape index (κ1) is 11.9. The van der Waals surface area contributed by atoms with Crippen LogP contribution in [0, 0.1) is 0 Å². The van der Waals surface area contributed by atoms with Crippen LogP contribution >= 0.6 is 15.9 Å². The predicted octanol–water partition coefficient (Wildman–Crippen LogP) is 2.42. The Balaban J connectivity index is 1.82. The van der Waals surface area contributed by atoms with E-state index >= 15 is 0 Å². The monoisotopic (exact) mass is 285 g/mol. The highest BCUT2D eigenvalue weighted by Gasteiger charge is 2.14. The van der Waals surface area contributed by atoms with Crippen LogP contribution in [0.2, 0.25) is 0 Å². The standard InChI is InChI=1S/C12H16BrNO2/c13-10-3-4-12(15)9(6-10)7-14-8-11-2-1-5-16-11/h3-4,6,11,14-15H,1-2,5,7-8H2. The van der Waals surface area contributed by atoms with Gasteiger partial charge in [0.2, 0.25) is 0 Å². The Bertz CT molecular complexity index is 351. The van der Waals surface area contributed by atoms with Gasteiger partial charge in [-0.05, 0) is 31.0 Å². The molecule has 4 heteroatoms. The van der Waals surface area contributed by atoms with Crippen LogP contribution in [0.15, 0.2) is 22.7 Å². The lowest BCUT2D eigenvalue weighted by atomic mass is 10.2. The molecule has 0 bridgehead atoms. The normalized spacial score (nSPS) is 20.2. The Kier molecular flexibility index (Phi) is 4.21. The van der Waals surface area contributed by atoms with E-state index in [1.54, 1.807) is 6.07 Å². The van der Waals surface area contributed by atoms with Crippen molar-refractivity contribution in [2.45, 2.75) is 25.5 Å². The van der Waals surface area contributed by atoms with E-state index in [0.717, 1.165) is 36.0 Å². The van der Waals surface area contributed by atoms with Crippen LogP contribution in [0.1, 0.15) is 18.4 Å². The predicted molar refractivity (Wildman–Crippen MR) is 66.5 cm³/mol. The molecule has 1 unspecified atom stereocenters. The van der Waals surface area contributed by atoms with Gasteiger partial charge in [-0.15, -0.1) is 0 Å². The van der Waals surface area contributed by atoms with Crippen molar-refractivity contribution in [2.24, 2.45) is 0 Å². The van der Waals surface area contributed by atoms with E-state index in [0.29, 0.717) is 18.4 Å². The molecule has 16 heavy (non-hydrogen) atoms. The fourth-order valence-electron chi connectivity index (χ4n) is 1.87. The second kappa shape index (κ2) is 5.66. The molecule has 0 spiro atoms. The maximum atomic E-state index is 9.63. The third-order valence-corrected chi connectivity index (χ3v) is 3.25. The molecule has 1 aromatic rings. The van der Waals surface area contributed by atoms with E-state index in [1.165, 1.54) is 0 Å². The van der Waals surface area contributed by atoms with Crippen LogP contribution in [-0.4, -0.2) is 24.4 Å². The van der Waals surface area contributed by atoms with E-state index < -0.39 is 0 Å². The molecule has 88 valence electrons. The fourth-order valence-corrected chi connectivity index (χ4v) is 2.28. The maximum absolute atomic E-state index is 9.63. The van der Waals surface area contributed by atoms with Gasteiger partial charge >= 0.3 is 0 Å². The lowest BCUT2D eigenvalue weighted by molar-refractivity contribution is 0.110. The SMILES string of the molecule is Oc1ccc(Br)cc1CNCC1CCCO1. The van der Waals surface area contributed by atoms with Gasteiger partial charge in [-0.3, -0.25) is 0 Å². The summed E-state index contributed by atoms with van der Waals surface area (Å²) >= 11 is 3.39. The van der Waals surface area contributed by atoms with Gasteiger partial charge in [0.25, 0.3) is 0 Å². The topological polar surface area (TPSA) is 41.5 Å². The molecule has 1 aromatic carbocycles. The van der Waals surface area contributed by atoms with Crippen molar-refractivity contribution >= 4 is 15.9 Å². The van der Waals surface area contributed by atoms with Crippen LogP contribution in [0.25, 0.3) is 0 Å². The van der Waals surface area contributed by atoms with Gasteiger partial charge in [-0.25, -0.2) is 0 Å². The number of hydrogen-bond acceptors (Lipinski definition) is 3. The Hall–Kier alpha value is -0.580. The third-order valence-electron chi connectivity index (χ3n) is 2.75. The number of hydrogen-bond donors (Lipinski definition) is 2. The van der Waals surface area contributed by atoms with E-state index in [9.17, 15) is 5.11 Å². The zero-order chi connectivity index (χ0) is 11.4. The van der Waals surface area contributed by atoms with E-state index in [1.807, 2.05) is 12.1 Å². The van der Waals surface area contributed by atoms with E-state index in [4.69, 9.17) is 4.74 Å². The number of benzene rings is 1. The molecule has 0 aromatic heterocycles. The number of ether oxygens (including phenoxy) is 1. The smallest absolute Gasteiger partial charge is 0.120 e.